The standard InChI is InChI=1S/C16H24O3/c1-6-12-15(2,3)18-19-16(4,5)14(17)13-10-8-7-9-11-13/h7-11H,6,12H2,1-5H3. The lowest BCUT2D eigenvalue weighted by Crippen LogP contribution is -2.38. The molecule has 3 heteroatoms. The SMILES string of the molecule is CCCC(C)(C)OOC(C)(C)C(=O)c1ccccc1. The molecule has 0 saturated carbocycles. The average molecular weight is 264 g/mol. The monoisotopic (exact) mass is 264 g/mol. The van der Waals surface area contributed by atoms with E-state index in [4.69, 9.17) is 9.78 Å². The van der Waals surface area contributed by atoms with E-state index in [0.717, 1.165) is 12.8 Å². The van der Waals surface area contributed by atoms with Gasteiger partial charge < -0.3 is 0 Å². The molecule has 0 saturated heterocycles. The first-order valence-corrected chi connectivity index (χ1v) is 6.75. The van der Waals surface area contributed by atoms with Gasteiger partial charge in [-0.1, -0.05) is 43.7 Å². The molecule has 19 heavy (non-hydrogen) atoms. The van der Waals surface area contributed by atoms with Crippen molar-refractivity contribution in [3.8, 4) is 0 Å². The topological polar surface area (TPSA) is 35.5 Å². The van der Waals surface area contributed by atoms with Gasteiger partial charge in [-0.05, 0) is 34.1 Å². The zero-order valence-corrected chi connectivity index (χ0v) is 12.5. The number of ketones is 1. The van der Waals surface area contributed by atoms with Gasteiger partial charge >= 0.3 is 0 Å². The lowest BCUT2D eigenvalue weighted by Gasteiger charge is -2.29. The molecule has 0 atom stereocenters. The van der Waals surface area contributed by atoms with Crippen LogP contribution >= 0.6 is 0 Å². The third kappa shape index (κ3) is 4.77. The highest BCUT2D eigenvalue weighted by Crippen LogP contribution is 2.23. The molecule has 0 radical (unpaired) electrons. The molecule has 3 nitrogen and oxygen atoms in total. The van der Waals surface area contributed by atoms with Crippen LogP contribution in [0.15, 0.2) is 30.3 Å². The van der Waals surface area contributed by atoms with Crippen molar-refractivity contribution >= 4 is 5.78 Å². The number of carbonyl (C=O) groups is 1. The lowest BCUT2D eigenvalue weighted by atomic mass is 9.97. The highest BCUT2D eigenvalue weighted by Gasteiger charge is 2.33. The lowest BCUT2D eigenvalue weighted by molar-refractivity contribution is -0.388. The minimum atomic E-state index is -0.994. The van der Waals surface area contributed by atoms with Crippen molar-refractivity contribution in [1.82, 2.24) is 0 Å². The first-order valence-electron chi connectivity index (χ1n) is 6.75. The van der Waals surface area contributed by atoms with E-state index < -0.39 is 5.60 Å². The second kappa shape index (κ2) is 6.31. The summed E-state index contributed by atoms with van der Waals surface area (Å²) in [7, 11) is 0. The number of benzene rings is 1. The maximum atomic E-state index is 12.3. The fourth-order valence-corrected chi connectivity index (χ4v) is 1.84. The van der Waals surface area contributed by atoms with E-state index in [2.05, 4.69) is 6.92 Å². The predicted molar refractivity (Wildman–Crippen MR) is 76.0 cm³/mol. The fraction of sp³-hybridized carbons (Fsp3) is 0.562. The number of Topliss-reactive ketones (excluding diaryl/α,β-unsaturated/α-hetero) is 1. The zero-order valence-electron chi connectivity index (χ0n) is 12.5. The molecule has 0 heterocycles. The molecule has 0 spiro atoms. The van der Waals surface area contributed by atoms with Crippen LogP contribution in [0.25, 0.3) is 0 Å². The third-order valence-corrected chi connectivity index (χ3v) is 2.91. The molecule has 0 aromatic heterocycles. The normalized spacial score (nSPS) is 12.5. The minimum absolute atomic E-state index is 0.0830. The summed E-state index contributed by atoms with van der Waals surface area (Å²) in [5.41, 5.74) is -0.751. The number of carbonyl (C=O) groups excluding carboxylic acids is 1. The summed E-state index contributed by atoms with van der Waals surface area (Å²) in [5, 5.41) is 0. The van der Waals surface area contributed by atoms with E-state index in [9.17, 15) is 4.79 Å². The van der Waals surface area contributed by atoms with E-state index in [0.29, 0.717) is 5.56 Å². The maximum Gasteiger partial charge on any atom is 0.197 e. The highest BCUT2D eigenvalue weighted by atomic mass is 17.2. The zero-order chi connectivity index (χ0) is 14.5. The number of rotatable bonds is 7. The van der Waals surface area contributed by atoms with E-state index >= 15 is 0 Å². The van der Waals surface area contributed by atoms with Gasteiger partial charge in [0.05, 0.1) is 5.60 Å². The summed E-state index contributed by atoms with van der Waals surface area (Å²) in [6, 6.07) is 9.12. The Bertz CT molecular complexity index is 407. The summed E-state index contributed by atoms with van der Waals surface area (Å²) in [6.45, 7) is 9.46. The first kappa shape index (κ1) is 15.9. The molecule has 0 fully saturated rings. The Morgan fingerprint density at radius 1 is 1.05 bits per heavy atom. The smallest absolute Gasteiger partial charge is 0.197 e. The average Bonchev–Trinajstić information content (AvgIpc) is 2.37. The maximum absolute atomic E-state index is 12.3. The Morgan fingerprint density at radius 3 is 2.16 bits per heavy atom. The second-order valence-electron chi connectivity index (χ2n) is 5.88. The minimum Gasteiger partial charge on any atom is -0.291 e. The summed E-state index contributed by atoms with van der Waals surface area (Å²) < 4.78 is 0. The largest absolute Gasteiger partial charge is 0.291 e. The number of hydrogen-bond acceptors (Lipinski definition) is 3. The van der Waals surface area contributed by atoms with Crippen molar-refractivity contribution in [2.24, 2.45) is 0 Å². The molecule has 106 valence electrons. The number of hydrogen-bond donors (Lipinski definition) is 0. The molecular weight excluding hydrogens is 240 g/mol. The predicted octanol–water partition coefficient (Wildman–Crippen LogP) is 4.17. The highest BCUT2D eigenvalue weighted by molar-refractivity contribution is 6.01. The van der Waals surface area contributed by atoms with Gasteiger partial charge in [0.1, 0.15) is 0 Å². The summed E-state index contributed by atoms with van der Waals surface area (Å²) in [6.07, 6.45) is 1.88. The van der Waals surface area contributed by atoms with Gasteiger partial charge in [0.25, 0.3) is 0 Å². The Kier molecular flexibility index (Phi) is 5.27. The molecule has 1 aromatic rings. The molecule has 1 rings (SSSR count). The van der Waals surface area contributed by atoms with Crippen LogP contribution in [0.4, 0.5) is 0 Å². The van der Waals surface area contributed by atoms with Crippen LogP contribution in [0.5, 0.6) is 0 Å². The summed E-state index contributed by atoms with van der Waals surface area (Å²) >= 11 is 0. The van der Waals surface area contributed by atoms with Gasteiger partial charge in [0.2, 0.25) is 0 Å². The molecular formula is C16H24O3. The molecule has 0 unspecified atom stereocenters. The van der Waals surface area contributed by atoms with Gasteiger partial charge in [-0.2, -0.15) is 0 Å². The van der Waals surface area contributed by atoms with E-state index in [1.165, 1.54) is 0 Å². The van der Waals surface area contributed by atoms with Crippen molar-refractivity contribution in [2.75, 3.05) is 0 Å². The van der Waals surface area contributed by atoms with Gasteiger partial charge in [0, 0.05) is 5.56 Å². The first-order chi connectivity index (χ1) is 8.78. The second-order valence-corrected chi connectivity index (χ2v) is 5.88. The summed E-state index contributed by atoms with van der Waals surface area (Å²) in [5.74, 6) is -0.0830. The molecule has 0 aliphatic rings. The Hall–Kier alpha value is -1.19. The molecule has 0 N–H and O–H groups in total. The molecule has 0 bridgehead atoms. The van der Waals surface area contributed by atoms with Crippen molar-refractivity contribution in [3.05, 3.63) is 35.9 Å². The van der Waals surface area contributed by atoms with Crippen LogP contribution in [0.2, 0.25) is 0 Å². The van der Waals surface area contributed by atoms with Crippen LogP contribution in [-0.2, 0) is 9.78 Å². The quantitative estimate of drug-likeness (QED) is 0.421. The van der Waals surface area contributed by atoms with Crippen molar-refractivity contribution < 1.29 is 14.6 Å². The van der Waals surface area contributed by atoms with Crippen LogP contribution in [0.3, 0.4) is 0 Å². The third-order valence-electron chi connectivity index (χ3n) is 2.91. The van der Waals surface area contributed by atoms with E-state index in [1.807, 2.05) is 32.0 Å². The molecule has 0 aliphatic carbocycles. The molecule has 0 amide bonds. The van der Waals surface area contributed by atoms with Gasteiger partial charge in [-0.3, -0.25) is 4.79 Å². The Morgan fingerprint density at radius 2 is 1.63 bits per heavy atom. The Balaban J connectivity index is 2.68. The van der Waals surface area contributed by atoms with E-state index in [1.54, 1.807) is 26.0 Å². The van der Waals surface area contributed by atoms with Crippen LogP contribution in [-0.4, -0.2) is 17.0 Å². The van der Waals surface area contributed by atoms with Gasteiger partial charge in [-0.15, -0.1) is 0 Å². The Labute approximate surface area is 115 Å². The fourth-order valence-electron chi connectivity index (χ4n) is 1.84. The van der Waals surface area contributed by atoms with Crippen LogP contribution in [0, 0.1) is 0 Å². The van der Waals surface area contributed by atoms with Crippen molar-refractivity contribution in [2.45, 2.75) is 58.7 Å². The van der Waals surface area contributed by atoms with Gasteiger partial charge in [0.15, 0.2) is 11.4 Å². The van der Waals surface area contributed by atoms with Gasteiger partial charge in [-0.25, -0.2) is 9.78 Å². The summed E-state index contributed by atoms with van der Waals surface area (Å²) in [4.78, 5) is 23.2. The van der Waals surface area contributed by atoms with Crippen LogP contribution in [0.1, 0.15) is 57.8 Å². The molecule has 0 aliphatic heterocycles. The van der Waals surface area contributed by atoms with Crippen molar-refractivity contribution in [1.29, 1.82) is 0 Å². The molecule has 1 aromatic carbocycles. The van der Waals surface area contributed by atoms with Crippen LogP contribution < -0.4 is 0 Å². The van der Waals surface area contributed by atoms with E-state index in [-0.39, 0.29) is 11.4 Å². The van der Waals surface area contributed by atoms with Crippen molar-refractivity contribution in [3.63, 3.8) is 0 Å².